The molecule has 0 saturated carbocycles. The highest BCUT2D eigenvalue weighted by Gasteiger charge is 2.09. The van der Waals surface area contributed by atoms with Crippen molar-refractivity contribution in [2.24, 2.45) is 0 Å². The Morgan fingerprint density at radius 2 is 1.74 bits per heavy atom. The smallest absolute Gasteiger partial charge is 0.276 e. The Kier molecular flexibility index (Phi) is 5.70. The van der Waals surface area contributed by atoms with E-state index in [0.29, 0.717) is 30.0 Å². The van der Waals surface area contributed by atoms with Crippen LogP contribution in [0.5, 0.6) is 0 Å². The summed E-state index contributed by atoms with van der Waals surface area (Å²) in [5.74, 6) is -0.0930. The number of rotatable bonds is 6. The maximum absolute atomic E-state index is 12.9. The van der Waals surface area contributed by atoms with Crippen molar-refractivity contribution in [1.29, 1.82) is 5.26 Å². The monoisotopic (exact) mass is 361 g/mol. The first-order valence-corrected chi connectivity index (χ1v) is 8.27. The molecular formula is C20H16FN5O. The molecule has 3 aromatic rings. The number of carbonyl (C=O) groups is 1. The predicted molar refractivity (Wildman–Crippen MR) is 99.7 cm³/mol. The minimum Gasteiger partial charge on any atom is -0.368 e. The number of halogens is 1. The molecule has 0 atom stereocenters. The van der Waals surface area contributed by atoms with Crippen molar-refractivity contribution in [3.05, 3.63) is 83.3 Å². The maximum Gasteiger partial charge on any atom is 0.276 e. The van der Waals surface area contributed by atoms with E-state index in [2.05, 4.69) is 20.8 Å². The highest BCUT2D eigenvalue weighted by Crippen LogP contribution is 2.11. The van der Waals surface area contributed by atoms with Crippen LogP contribution in [0.25, 0.3) is 0 Å². The molecule has 27 heavy (non-hydrogen) atoms. The van der Waals surface area contributed by atoms with Crippen LogP contribution < -0.4 is 10.6 Å². The number of carbonyl (C=O) groups excluding carboxylic acids is 1. The van der Waals surface area contributed by atoms with Gasteiger partial charge < -0.3 is 10.6 Å². The Balaban J connectivity index is 1.52. The highest BCUT2D eigenvalue weighted by molar-refractivity contribution is 6.02. The normalized spacial score (nSPS) is 10.1. The molecule has 0 unspecified atom stereocenters. The molecule has 0 aliphatic heterocycles. The summed E-state index contributed by atoms with van der Waals surface area (Å²) in [5, 5.41) is 22.5. The number of hydrogen-bond acceptors (Lipinski definition) is 5. The number of benzene rings is 2. The van der Waals surface area contributed by atoms with Gasteiger partial charge in [-0.2, -0.15) is 5.26 Å². The molecule has 0 fully saturated rings. The summed E-state index contributed by atoms with van der Waals surface area (Å²) >= 11 is 0. The van der Waals surface area contributed by atoms with Gasteiger partial charge in [-0.3, -0.25) is 4.79 Å². The molecule has 0 saturated heterocycles. The second kappa shape index (κ2) is 8.54. The maximum atomic E-state index is 12.9. The minimum atomic E-state index is -0.384. The number of hydrogen-bond donors (Lipinski definition) is 2. The lowest BCUT2D eigenvalue weighted by Gasteiger charge is -2.07. The number of nitrogens with zero attached hydrogens (tertiary/aromatic N) is 3. The summed E-state index contributed by atoms with van der Waals surface area (Å²) in [6.07, 6.45) is 0.711. The molecule has 1 aromatic heterocycles. The molecule has 7 heteroatoms. The Hall–Kier alpha value is -3.79. The van der Waals surface area contributed by atoms with Gasteiger partial charge in [0.25, 0.3) is 5.91 Å². The van der Waals surface area contributed by atoms with Gasteiger partial charge in [-0.25, -0.2) is 4.39 Å². The lowest BCUT2D eigenvalue weighted by atomic mass is 10.1. The summed E-state index contributed by atoms with van der Waals surface area (Å²) in [5.41, 5.74) is 2.28. The van der Waals surface area contributed by atoms with Gasteiger partial charge in [0, 0.05) is 12.2 Å². The van der Waals surface area contributed by atoms with Gasteiger partial charge in [0.05, 0.1) is 11.6 Å². The van der Waals surface area contributed by atoms with E-state index in [1.165, 1.54) is 12.1 Å². The Labute approximate surface area is 155 Å². The molecule has 134 valence electrons. The summed E-state index contributed by atoms with van der Waals surface area (Å²) in [6, 6.07) is 18.1. The Bertz CT molecular complexity index is 948. The second-order valence-corrected chi connectivity index (χ2v) is 5.75. The zero-order valence-corrected chi connectivity index (χ0v) is 14.3. The zero-order chi connectivity index (χ0) is 19.1. The third-order valence-electron chi connectivity index (χ3n) is 3.80. The van der Waals surface area contributed by atoms with E-state index in [0.717, 1.165) is 5.56 Å². The van der Waals surface area contributed by atoms with E-state index >= 15 is 0 Å². The quantitative estimate of drug-likeness (QED) is 0.702. The standard InChI is InChI=1S/C20H16FN5O/c21-16-5-1-14(2-6-16)11-12-23-19-10-9-18(25-26-19)20(27)24-17-7-3-15(13-22)4-8-17/h1-10H,11-12H2,(H,23,26)(H,24,27). The van der Waals surface area contributed by atoms with Gasteiger partial charge in [0.1, 0.15) is 11.6 Å². The zero-order valence-electron chi connectivity index (χ0n) is 14.3. The van der Waals surface area contributed by atoms with Crippen molar-refractivity contribution in [2.45, 2.75) is 6.42 Å². The number of aromatic nitrogens is 2. The van der Waals surface area contributed by atoms with Crippen LogP contribution in [-0.2, 0) is 6.42 Å². The first kappa shape index (κ1) is 18.0. The first-order valence-electron chi connectivity index (χ1n) is 8.27. The van der Waals surface area contributed by atoms with Crippen molar-refractivity contribution in [2.75, 3.05) is 17.2 Å². The van der Waals surface area contributed by atoms with Crippen LogP contribution in [-0.4, -0.2) is 22.6 Å². The van der Waals surface area contributed by atoms with E-state index in [1.54, 1.807) is 48.5 Å². The second-order valence-electron chi connectivity index (χ2n) is 5.75. The Morgan fingerprint density at radius 1 is 1.00 bits per heavy atom. The molecule has 0 bridgehead atoms. The van der Waals surface area contributed by atoms with Crippen LogP contribution >= 0.6 is 0 Å². The number of amides is 1. The average Bonchev–Trinajstić information content (AvgIpc) is 2.70. The molecule has 0 aliphatic carbocycles. The van der Waals surface area contributed by atoms with Gasteiger partial charge in [0.15, 0.2) is 5.69 Å². The highest BCUT2D eigenvalue weighted by atomic mass is 19.1. The molecule has 1 heterocycles. The van der Waals surface area contributed by atoms with Crippen LogP contribution in [0.3, 0.4) is 0 Å². The summed E-state index contributed by atoms with van der Waals surface area (Å²) in [7, 11) is 0. The fraction of sp³-hybridized carbons (Fsp3) is 0.100. The number of nitrogens with one attached hydrogen (secondary N) is 2. The third kappa shape index (κ3) is 5.09. The number of nitriles is 1. The van der Waals surface area contributed by atoms with Crippen molar-refractivity contribution >= 4 is 17.4 Å². The molecule has 1 amide bonds. The van der Waals surface area contributed by atoms with Crippen LogP contribution in [0.15, 0.2) is 60.7 Å². The largest absolute Gasteiger partial charge is 0.368 e. The van der Waals surface area contributed by atoms with E-state index < -0.39 is 0 Å². The summed E-state index contributed by atoms with van der Waals surface area (Å²) < 4.78 is 12.9. The molecule has 0 radical (unpaired) electrons. The summed E-state index contributed by atoms with van der Waals surface area (Å²) in [4.78, 5) is 12.2. The molecule has 6 nitrogen and oxygen atoms in total. The van der Waals surface area contributed by atoms with Crippen molar-refractivity contribution in [3.8, 4) is 6.07 Å². The molecule has 0 aliphatic rings. The van der Waals surface area contributed by atoms with E-state index in [9.17, 15) is 9.18 Å². The predicted octanol–water partition coefficient (Wildman–Crippen LogP) is 3.39. The summed E-state index contributed by atoms with van der Waals surface area (Å²) in [6.45, 7) is 0.608. The topological polar surface area (TPSA) is 90.7 Å². The van der Waals surface area contributed by atoms with Crippen LogP contribution in [0.4, 0.5) is 15.9 Å². The fourth-order valence-corrected chi connectivity index (χ4v) is 2.36. The molecule has 2 aromatic carbocycles. The number of anilines is 2. The molecule has 0 spiro atoms. The van der Waals surface area contributed by atoms with Gasteiger partial charge in [-0.15, -0.1) is 10.2 Å². The SMILES string of the molecule is N#Cc1ccc(NC(=O)c2ccc(NCCc3ccc(F)cc3)nn2)cc1. The molecule has 3 rings (SSSR count). The van der Waals surface area contributed by atoms with Crippen LogP contribution in [0.2, 0.25) is 0 Å². The van der Waals surface area contributed by atoms with Crippen molar-refractivity contribution in [1.82, 2.24) is 10.2 Å². The molecule has 2 N–H and O–H groups in total. The van der Waals surface area contributed by atoms with E-state index in [1.807, 2.05) is 6.07 Å². The van der Waals surface area contributed by atoms with Gasteiger partial charge in [-0.1, -0.05) is 12.1 Å². The van der Waals surface area contributed by atoms with E-state index in [-0.39, 0.29) is 17.4 Å². The van der Waals surface area contributed by atoms with E-state index in [4.69, 9.17) is 5.26 Å². The van der Waals surface area contributed by atoms with Gasteiger partial charge >= 0.3 is 0 Å². The third-order valence-corrected chi connectivity index (χ3v) is 3.80. The van der Waals surface area contributed by atoms with Crippen LogP contribution in [0.1, 0.15) is 21.6 Å². The Morgan fingerprint density at radius 3 is 2.37 bits per heavy atom. The van der Waals surface area contributed by atoms with Gasteiger partial charge in [0.2, 0.25) is 0 Å². The lowest BCUT2D eigenvalue weighted by molar-refractivity contribution is 0.102. The first-order chi connectivity index (χ1) is 13.1. The minimum absolute atomic E-state index is 0.184. The lowest BCUT2D eigenvalue weighted by Crippen LogP contribution is -2.15. The van der Waals surface area contributed by atoms with Gasteiger partial charge in [-0.05, 0) is 60.5 Å². The van der Waals surface area contributed by atoms with Crippen molar-refractivity contribution in [3.63, 3.8) is 0 Å². The molecular weight excluding hydrogens is 345 g/mol. The average molecular weight is 361 g/mol. The fourth-order valence-electron chi connectivity index (χ4n) is 2.36. The van der Waals surface area contributed by atoms with Crippen LogP contribution in [0, 0.1) is 17.1 Å². The van der Waals surface area contributed by atoms with Crippen molar-refractivity contribution < 1.29 is 9.18 Å².